The van der Waals surface area contributed by atoms with Crippen LogP contribution in [0.5, 0.6) is 5.75 Å². The summed E-state index contributed by atoms with van der Waals surface area (Å²) >= 11 is 14.2. The molecule has 4 nitrogen and oxygen atoms in total. The molecule has 0 atom stereocenters. The van der Waals surface area contributed by atoms with Crippen LogP contribution in [-0.2, 0) is 6.18 Å². The van der Waals surface area contributed by atoms with Crippen molar-refractivity contribution in [3.63, 3.8) is 0 Å². The number of benzene rings is 2. The lowest BCUT2D eigenvalue weighted by Crippen LogP contribution is -2.34. The number of thiocarbonyl (C=S) groups is 1. The largest absolute Gasteiger partial charge is 0.490 e. The van der Waals surface area contributed by atoms with Crippen molar-refractivity contribution >= 4 is 56.5 Å². The van der Waals surface area contributed by atoms with Crippen molar-refractivity contribution in [3.8, 4) is 5.75 Å². The summed E-state index contributed by atoms with van der Waals surface area (Å²) in [6.45, 7) is 3.74. The van der Waals surface area contributed by atoms with Crippen molar-refractivity contribution in [2.75, 3.05) is 5.32 Å². The molecule has 2 aromatic rings. The van der Waals surface area contributed by atoms with Gasteiger partial charge in [0.1, 0.15) is 5.75 Å². The molecule has 0 aliphatic rings. The Bertz CT molecular complexity index is 907. The van der Waals surface area contributed by atoms with Gasteiger partial charge in [0.25, 0.3) is 5.91 Å². The first-order valence-electron chi connectivity index (χ1n) is 7.92. The smallest absolute Gasteiger partial charge is 0.416 e. The number of hydrogen-bond acceptors (Lipinski definition) is 3. The molecule has 10 heteroatoms. The normalized spacial score (nSPS) is 11.3. The molecule has 0 saturated heterocycles. The van der Waals surface area contributed by atoms with E-state index >= 15 is 0 Å². The summed E-state index contributed by atoms with van der Waals surface area (Å²) in [5, 5.41) is 4.74. The number of halogens is 5. The Kier molecular flexibility index (Phi) is 7.30. The van der Waals surface area contributed by atoms with Crippen LogP contribution < -0.4 is 15.4 Å². The van der Waals surface area contributed by atoms with Crippen LogP contribution in [0.2, 0.25) is 5.02 Å². The number of anilines is 1. The molecule has 2 rings (SSSR count). The average molecular weight is 496 g/mol. The minimum absolute atomic E-state index is 0.0301. The van der Waals surface area contributed by atoms with E-state index in [0.29, 0.717) is 10.2 Å². The van der Waals surface area contributed by atoms with Crippen LogP contribution in [0.3, 0.4) is 0 Å². The van der Waals surface area contributed by atoms with Crippen LogP contribution in [0.15, 0.2) is 40.9 Å². The van der Waals surface area contributed by atoms with E-state index in [1.807, 2.05) is 13.8 Å². The molecule has 2 N–H and O–H groups in total. The first-order chi connectivity index (χ1) is 13.0. The molecular formula is C18H15BrClF3N2O2S. The maximum absolute atomic E-state index is 12.8. The van der Waals surface area contributed by atoms with Gasteiger partial charge in [-0.15, -0.1) is 0 Å². The number of nitrogens with one attached hydrogen (secondary N) is 2. The second-order valence-electron chi connectivity index (χ2n) is 5.91. The lowest BCUT2D eigenvalue weighted by Gasteiger charge is -2.14. The highest BCUT2D eigenvalue weighted by atomic mass is 79.9. The second kappa shape index (κ2) is 9.11. The van der Waals surface area contributed by atoms with Gasteiger partial charge in [-0.3, -0.25) is 10.1 Å². The Hall–Kier alpha value is -1.84. The van der Waals surface area contributed by atoms with Crippen LogP contribution in [-0.4, -0.2) is 17.1 Å². The number of hydrogen-bond donors (Lipinski definition) is 2. The molecule has 0 heterocycles. The molecule has 0 bridgehead atoms. The summed E-state index contributed by atoms with van der Waals surface area (Å²) < 4.78 is 44.6. The second-order valence-corrected chi connectivity index (χ2v) is 7.58. The van der Waals surface area contributed by atoms with E-state index in [4.69, 9.17) is 28.6 Å². The van der Waals surface area contributed by atoms with E-state index in [1.54, 1.807) is 12.1 Å². The third-order valence-corrected chi connectivity index (χ3v) is 4.48. The van der Waals surface area contributed by atoms with Crippen molar-refractivity contribution in [1.82, 2.24) is 5.32 Å². The minimum Gasteiger partial charge on any atom is -0.490 e. The summed E-state index contributed by atoms with van der Waals surface area (Å²) in [4.78, 5) is 12.3. The van der Waals surface area contributed by atoms with Crippen molar-refractivity contribution < 1.29 is 22.7 Å². The standard InChI is InChI=1S/C18H15BrClF3N2O2S/c1-9(2)27-15-6-3-10(7-12(15)19)16(26)25-17(28)24-14-8-11(18(21,22)23)4-5-13(14)20/h3-9H,1-2H3,(H2,24,25,26,28). The zero-order valence-electron chi connectivity index (χ0n) is 14.7. The quantitative estimate of drug-likeness (QED) is 0.508. The fraction of sp³-hybridized carbons (Fsp3) is 0.222. The molecule has 0 radical (unpaired) electrons. The monoisotopic (exact) mass is 494 g/mol. The summed E-state index contributed by atoms with van der Waals surface area (Å²) in [6, 6.07) is 7.48. The van der Waals surface area contributed by atoms with E-state index < -0.39 is 17.6 Å². The predicted octanol–water partition coefficient (Wildman–Crippen LogP) is 6.04. The summed E-state index contributed by atoms with van der Waals surface area (Å²) in [5.41, 5.74) is -0.677. The highest BCUT2D eigenvalue weighted by Gasteiger charge is 2.31. The third kappa shape index (κ3) is 6.08. The maximum Gasteiger partial charge on any atom is 0.416 e. The van der Waals surface area contributed by atoms with Crippen LogP contribution in [0.4, 0.5) is 18.9 Å². The Morgan fingerprint density at radius 1 is 1.21 bits per heavy atom. The molecule has 150 valence electrons. The molecule has 28 heavy (non-hydrogen) atoms. The Labute approximate surface area is 178 Å². The van der Waals surface area contributed by atoms with E-state index in [9.17, 15) is 18.0 Å². The van der Waals surface area contributed by atoms with Gasteiger partial charge >= 0.3 is 6.18 Å². The number of alkyl halides is 3. The molecule has 0 aromatic heterocycles. The van der Waals surface area contributed by atoms with Crippen LogP contribution in [0.25, 0.3) is 0 Å². The third-order valence-electron chi connectivity index (χ3n) is 3.33. The summed E-state index contributed by atoms with van der Waals surface area (Å²) in [5.74, 6) is 0.0281. The van der Waals surface area contributed by atoms with E-state index in [0.717, 1.165) is 18.2 Å². The molecule has 1 amide bonds. The van der Waals surface area contributed by atoms with Crippen LogP contribution in [0.1, 0.15) is 29.8 Å². The van der Waals surface area contributed by atoms with Gasteiger partial charge in [0.15, 0.2) is 5.11 Å². The van der Waals surface area contributed by atoms with Crippen molar-refractivity contribution in [1.29, 1.82) is 0 Å². The Morgan fingerprint density at radius 2 is 1.89 bits per heavy atom. The highest BCUT2D eigenvalue weighted by molar-refractivity contribution is 9.10. The number of carbonyl (C=O) groups is 1. The molecule has 2 aromatic carbocycles. The van der Waals surface area contributed by atoms with E-state index in [1.165, 1.54) is 6.07 Å². The Balaban J connectivity index is 2.09. The Morgan fingerprint density at radius 3 is 2.46 bits per heavy atom. The number of carbonyl (C=O) groups excluding carboxylic acids is 1. The SMILES string of the molecule is CC(C)Oc1ccc(C(=O)NC(=S)Nc2cc(C(F)(F)F)ccc2Cl)cc1Br. The maximum atomic E-state index is 12.8. The molecule has 0 spiro atoms. The molecule has 0 unspecified atom stereocenters. The van der Waals surface area contributed by atoms with Crippen molar-refractivity contribution in [3.05, 3.63) is 57.0 Å². The van der Waals surface area contributed by atoms with Gasteiger partial charge in [-0.25, -0.2) is 0 Å². The lowest BCUT2D eigenvalue weighted by molar-refractivity contribution is -0.137. The first-order valence-corrected chi connectivity index (χ1v) is 9.50. The van der Waals surface area contributed by atoms with Gasteiger partial charge < -0.3 is 10.1 Å². The average Bonchev–Trinajstić information content (AvgIpc) is 2.57. The van der Waals surface area contributed by atoms with Crippen molar-refractivity contribution in [2.45, 2.75) is 26.1 Å². The fourth-order valence-electron chi connectivity index (χ4n) is 2.12. The van der Waals surface area contributed by atoms with Gasteiger partial charge in [0, 0.05) is 5.56 Å². The molecule has 0 saturated carbocycles. The van der Waals surface area contributed by atoms with Gasteiger partial charge in [0.05, 0.1) is 26.9 Å². The fourth-order valence-corrected chi connectivity index (χ4v) is 2.96. The lowest BCUT2D eigenvalue weighted by atomic mass is 10.2. The van der Waals surface area contributed by atoms with Gasteiger partial charge in [-0.2, -0.15) is 13.2 Å². The first kappa shape index (κ1) is 22.4. The number of amides is 1. The zero-order chi connectivity index (χ0) is 21.1. The van der Waals surface area contributed by atoms with Crippen LogP contribution in [0, 0.1) is 0 Å². The van der Waals surface area contributed by atoms with E-state index in [2.05, 4.69) is 26.6 Å². The highest BCUT2D eigenvalue weighted by Crippen LogP contribution is 2.33. The van der Waals surface area contributed by atoms with Gasteiger partial charge in [-0.05, 0) is 78.4 Å². The molecular weight excluding hydrogens is 481 g/mol. The number of ether oxygens (including phenoxy) is 1. The van der Waals surface area contributed by atoms with E-state index in [-0.39, 0.29) is 27.5 Å². The van der Waals surface area contributed by atoms with Gasteiger partial charge in [0.2, 0.25) is 0 Å². The summed E-state index contributed by atoms with van der Waals surface area (Å²) in [6.07, 6.45) is -4.57. The zero-order valence-corrected chi connectivity index (χ0v) is 17.8. The molecule has 0 fully saturated rings. The minimum atomic E-state index is -4.53. The topological polar surface area (TPSA) is 50.4 Å². The van der Waals surface area contributed by atoms with Gasteiger partial charge in [-0.1, -0.05) is 11.6 Å². The summed E-state index contributed by atoms with van der Waals surface area (Å²) in [7, 11) is 0. The van der Waals surface area contributed by atoms with Crippen LogP contribution >= 0.6 is 39.7 Å². The predicted molar refractivity (Wildman–Crippen MR) is 110 cm³/mol. The molecule has 0 aliphatic heterocycles. The number of rotatable bonds is 4. The van der Waals surface area contributed by atoms with Crippen molar-refractivity contribution in [2.24, 2.45) is 0 Å². The molecule has 0 aliphatic carbocycles.